The number of ether oxygens (including phenoxy) is 3. The molecule has 1 saturated heterocycles. The van der Waals surface area contributed by atoms with Crippen molar-refractivity contribution in [2.45, 2.75) is 51.8 Å². The van der Waals surface area contributed by atoms with Crippen LogP contribution in [0.25, 0.3) is 0 Å². The van der Waals surface area contributed by atoms with Crippen LogP contribution >= 0.6 is 0 Å². The molecule has 0 saturated carbocycles. The molecule has 0 radical (unpaired) electrons. The molecule has 1 aliphatic rings. The highest BCUT2D eigenvalue weighted by Gasteiger charge is 2.28. The van der Waals surface area contributed by atoms with Crippen LogP contribution in [0, 0.1) is 0 Å². The summed E-state index contributed by atoms with van der Waals surface area (Å²) in [7, 11) is 0. The van der Waals surface area contributed by atoms with Crippen LogP contribution in [0.2, 0.25) is 0 Å². The van der Waals surface area contributed by atoms with Gasteiger partial charge in [0.15, 0.2) is 6.29 Å². The van der Waals surface area contributed by atoms with E-state index in [4.69, 9.17) is 14.2 Å². The van der Waals surface area contributed by atoms with Crippen LogP contribution in [-0.2, 0) is 20.8 Å². The Hall–Kier alpha value is -0.900. The standard InChI is InChI=1S/C15H22O3/c1-3-7-15-17-11-14(12(2)18-15)16-10-13-8-5-4-6-9-13/h4-6,8-9,12,14-15H,3,7,10-11H2,1-2H3/t12-,14-,15+/m1/s1. The van der Waals surface area contributed by atoms with Gasteiger partial charge in [0.25, 0.3) is 0 Å². The SMILES string of the molecule is CCC[C@H]1OC[C@@H](OCc2ccccc2)[C@@H](C)O1. The first-order valence-corrected chi connectivity index (χ1v) is 6.72. The molecule has 1 aromatic rings. The lowest BCUT2D eigenvalue weighted by Crippen LogP contribution is -2.43. The van der Waals surface area contributed by atoms with E-state index >= 15 is 0 Å². The molecule has 1 fully saturated rings. The van der Waals surface area contributed by atoms with Gasteiger partial charge in [-0.05, 0) is 18.9 Å². The van der Waals surface area contributed by atoms with Crippen LogP contribution < -0.4 is 0 Å². The fourth-order valence-electron chi connectivity index (χ4n) is 2.05. The van der Waals surface area contributed by atoms with Gasteiger partial charge in [-0.3, -0.25) is 0 Å². The van der Waals surface area contributed by atoms with E-state index in [1.807, 2.05) is 18.2 Å². The Morgan fingerprint density at radius 2 is 2.06 bits per heavy atom. The first kappa shape index (κ1) is 13.5. The van der Waals surface area contributed by atoms with Crippen molar-refractivity contribution in [3.8, 4) is 0 Å². The Balaban J connectivity index is 1.77. The maximum absolute atomic E-state index is 5.86. The number of hydrogen-bond acceptors (Lipinski definition) is 3. The molecule has 0 bridgehead atoms. The molecule has 0 spiro atoms. The first-order valence-electron chi connectivity index (χ1n) is 6.72. The third-order valence-corrected chi connectivity index (χ3v) is 3.17. The monoisotopic (exact) mass is 250 g/mol. The van der Waals surface area contributed by atoms with Crippen LogP contribution in [0.4, 0.5) is 0 Å². The predicted molar refractivity (Wildman–Crippen MR) is 70.2 cm³/mol. The second-order valence-electron chi connectivity index (χ2n) is 4.73. The highest BCUT2D eigenvalue weighted by molar-refractivity contribution is 5.13. The quantitative estimate of drug-likeness (QED) is 0.803. The molecular weight excluding hydrogens is 228 g/mol. The van der Waals surface area contributed by atoms with Crippen molar-refractivity contribution in [3.63, 3.8) is 0 Å². The molecule has 1 aliphatic heterocycles. The highest BCUT2D eigenvalue weighted by atomic mass is 16.7. The van der Waals surface area contributed by atoms with Gasteiger partial charge in [-0.2, -0.15) is 0 Å². The van der Waals surface area contributed by atoms with Crippen molar-refractivity contribution < 1.29 is 14.2 Å². The maximum Gasteiger partial charge on any atom is 0.158 e. The Kier molecular flexibility index (Phi) is 5.17. The molecule has 2 rings (SSSR count). The molecule has 3 heteroatoms. The van der Waals surface area contributed by atoms with E-state index in [1.54, 1.807) is 0 Å². The summed E-state index contributed by atoms with van der Waals surface area (Å²) in [5.74, 6) is 0. The van der Waals surface area contributed by atoms with E-state index < -0.39 is 0 Å². The third kappa shape index (κ3) is 3.80. The van der Waals surface area contributed by atoms with E-state index in [9.17, 15) is 0 Å². The summed E-state index contributed by atoms with van der Waals surface area (Å²) >= 11 is 0. The molecule has 100 valence electrons. The molecule has 3 atom stereocenters. The summed E-state index contributed by atoms with van der Waals surface area (Å²) in [6.07, 6.45) is 2.10. The normalized spacial score (nSPS) is 28.2. The van der Waals surface area contributed by atoms with Crippen LogP contribution in [0.15, 0.2) is 30.3 Å². The summed E-state index contributed by atoms with van der Waals surface area (Å²) in [6, 6.07) is 10.2. The largest absolute Gasteiger partial charge is 0.368 e. The van der Waals surface area contributed by atoms with E-state index in [0.29, 0.717) is 13.2 Å². The summed E-state index contributed by atoms with van der Waals surface area (Å²) in [5, 5.41) is 0. The van der Waals surface area contributed by atoms with Gasteiger partial charge in [-0.1, -0.05) is 43.7 Å². The smallest absolute Gasteiger partial charge is 0.158 e. The molecule has 0 unspecified atom stereocenters. The maximum atomic E-state index is 5.86. The van der Waals surface area contributed by atoms with E-state index in [1.165, 1.54) is 5.56 Å². The van der Waals surface area contributed by atoms with Crippen molar-refractivity contribution in [1.29, 1.82) is 0 Å². The fraction of sp³-hybridized carbons (Fsp3) is 0.600. The topological polar surface area (TPSA) is 27.7 Å². The van der Waals surface area contributed by atoms with Crippen molar-refractivity contribution >= 4 is 0 Å². The van der Waals surface area contributed by atoms with E-state index in [0.717, 1.165) is 12.8 Å². The summed E-state index contributed by atoms with van der Waals surface area (Å²) in [4.78, 5) is 0. The van der Waals surface area contributed by atoms with Crippen molar-refractivity contribution in [3.05, 3.63) is 35.9 Å². The molecule has 1 heterocycles. The molecule has 18 heavy (non-hydrogen) atoms. The van der Waals surface area contributed by atoms with Gasteiger partial charge >= 0.3 is 0 Å². The predicted octanol–water partition coefficient (Wildman–Crippen LogP) is 3.13. The number of hydrogen-bond donors (Lipinski definition) is 0. The minimum absolute atomic E-state index is 0.0262. The Morgan fingerprint density at radius 1 is 1.28 bits per heavy atom. The fourth-order valence-corrected chi connectivity index (χ4v) is 2.05. The van der Waals surface area contributed by atoms with Gasteiger partial charge < -0.3 is 14.2 Å². The number of rotatable bonds is 5. The third-order valence-electron chi connectivity index (χ3n) is 3.17. The van der Waals surface area contributed by atoms with Crippen molar-refractivity contribution in [1.82, 2.24) is 0 Å². The average molecular weight is 250 g/mol. The molecular formula is C15H22O3. The van der Waals surface area contributed by atoms with Gasteiger partial charge in [0.2, 0.25) is 0 Å². The lowest BCUT2D eigenvalue weighted by molar-refractivity contribution is -0.260. The molecule has 0 aromatic heterocycles. The van der Waals surface area contributed by atoms with E-state index in [-0.39, 0.29) is 18.5 Å². The Bertz CT molecular complexity index is 339. The second kappa shape index (κ2) is 6.88. The zero-order valence-corrected chi connectivity index (χ0v) is 11.2. The average Bonchev–Trinajstić information content (AvgIpc) is 2.39. The lowest BCUT2D eigenvalue weighted by atomic mass is 10.2. The van der Waals surface area contributed by atoms with Crippen molar-refractivity contribution in [2.75, 3.05) is 6.61 Å². The summed E-state index contributed by atoms with van der Waals surface area (Å²) < 4.78 is 17.3. The van der Waals surface area contributed by atoms with Crippen molar-refractivity contribution in [2.24, 2.45) is 0 Å². The van der Waals surface area contributed by atoms with Crippen LogP contribution in [0.1, 0.15) is 32.3 Å². The summed E-state index contributed by atoms with van der Waals surface area (Å²) in [5.41, 5.74) is 1.18. The molecule has 0 amide bonds. The van der Waals surface area contributed by atoms with Gasteiger partial charge in [0, 0.05) is 0 Å². The first-order chi connectivity index (χ1) is 8.79. The minimum atomic E-state index is -0.0541. The Labute approximate surface area is 109 Å². The minimum Gasteiger partial charge on any atom is -0.368 e. The van der Waals surface area contributed by atoms with Gasteiger partial charge in [-0.25, -0.2) is 0 Å². The zero-order chi connectivity index (χ0) is 12.8. The lowest BCUT2D eigenvalue weighted by Gasteiger charge is -2.34. The number of benzene rings is 1. The summed E-state index contributed by atoms with van der Waals surface area (Å²) in [6.45, 7) is 5.43. The highest BCUT2D eigenvalue weighted by Crippen LogP contribution is 2.19. The van der Waals surface area contributed by atoms with Crippen LogP contribution in [0.5, 0.6) is 0 Å². The van der Waals surface area contributed by atoms with Crippen LogP contribution in [0.3, 0.4) is 0 Å². The molecule has 0 aliphatic carbocycles. The second-order valence-corrected chi connectivity index (χ2v) is 4.73. The van der Waals surface area contributed by atoms with E-state index in [2.05, 4.69) is 26.0 Å². The molecule has 1 aromatic carbocycles. The molecule has 3 nitrogen and oxygen atoms in total. The van der Waals surface area contributed by atoms with Gasteiger partial charge in [0.1, 0.15) is 6.10 Å². The zero-order valence-electron chi connectivity index (χ0n) is 11.2. The Morgan fingerprint density at radius 3 is 2.72 bits per heavy atom. The van der Waals surface area contributed by atoms with Gasteiger partial charge in [0.05, 0.1) is 19.3 Å². The molecule has 0 N–H and O–H groups in total. The van der Waals surface area contributed by atoms with Crippen LogP contribution in [-0.4, -0.2) is 25.1 Å². The van der Waals surface area contributed by atoms with Gasteiger partial charge in [-0.15, -0.1) is 0 Å².